The molecule has 0 N–H and O–H groups in total. The van der Waals surface area contributed by atoms with Gasteiger partial charge in [-0.3, -0.25) is 0 Å². The van der Waals surface area contributed by atoms with Crippen molar-refractivity contribution < 1.29 is 0 Å². The van der Waals surface area contributed by atoms with Crippen molar-refractivity contribution in [3.05, 3.63) is 47.1 Å². The summed E-state index contributed by atoms with van der Waals surface area (Å²) < 4.78 is 0. The monoisotopic (exact) mass is 270 g/mol. The molecule has 0 saturated heterocycles. The third-order valence-electron chi connectivity index (χ3n) is 5.27. The van der Waals surface area contributed by atoms with E-state index < -0.39 is 0 Å². The van der Waals surface area contributed by atoms with Crippen molar-refractivity contribution in [3.63, 3.8) is 0 Å². The molecular formula is C20H30. The van der Waals surface area contributed by atoms with E-state index >= 15 is 0 Å². The highest BCUT2D eigenvalue weighted by Gasteiger charge is 2.39. The minimum atomic E-state index is 0.671. The number of hydrogen-bond donors (Lipinski definition) is 0. The van der Waals surface area contributed by atoms with Gasteiger partial charge in [-0.15, -0.1) is 6.58 Å². The molecule has 0 fully saturated rings. The second kappa shape index (κ2) is 6.61. The minimum Gasteiger partial charge on any atom is -0.103 e. The first kappa shape index (κ1) is 15.4. The Balaban J connectivity index is 2.53. The largest absolute Gasteiger partial charge is 0.103 e. The van der Waals surface area contributed by atoms with E-state index in [2.05, 4.69) is 52.5 Å². The Kier molecular flexibility index (Phi) is 5.07. The minimum absolute atomic E-state index is 0.671. The second-order valence-corrected chi connectivity index (χ2v) is 6.05. The molecule has 0 aromatic carbocycles. The normalized spacial score (nSPS) is 29.1. The Hall–Kier alpha value is -1.04. The van der Waals surface area contributed by atoms with Gasteiger partial charge in [0.1, 0.15) is 0 Å². The van der Waals surface area contributed by atoms with Gasteiger partial charge in [-0.1, -0.05) is 57.1 Å². The Morgan fingerprint density at radius 2 is 1.50 bits per heavy atom. The number of rotatable bonds is 6. The maximum absolute atomic E-state index is 3.96. The molecule has 3 unspecified atom stereocenters. The fourth-order valence-corrected chi connectivity index (χ4v) is 4.56. The van der Waals surface area contributed by atoms with Crippen LogP contribution in [0.1, 0.15) is 59.8 Å². The Labute approximate surface area is 125 Å². The number of hydrogen-bond acceptors (Lipinski definition) is 0. The SMILES string of the molecule is C=CCC1C=CC2C(CC)=C(CC)C(CC)=C(CC)C12. The average Bonchev–Trinajstić information content (AvgIpc) is 2.88. The molecule has 20 heavy (non-hydrogen) atoms. The molecule has 0 aromatic heterocycles. The van der Waals surface area contributed by atoms with Crippen molar-refractivity contribution in [2.45, 2.75) is 59.8 Å². The molecule has 0 saturated carbocycles. The zero-order chi connectivity index (χ0) is 14.7. The van der Waals surface area contributed by atoms with Gasteiger partial charge in [0.05, 0.1) is 0 Å². The quantitative estimate of drug-likeness (QED) is 0.502. The van der Waals surface area contributed by atoms with Crippen molar-refractivity contribution in [1.29, 1.82) is 0 Å². The molecule has 2 aliphatic rings. The van der Waals surface area contributed by atoms with E-state index in [9.17, 15) is 0 Å². The maximum Gasteiger partial charge on any atom is 0.00541 e. The maximum atomic E-state index is 3.96. The van der Waals surface area contributed by atoms with E-state index in [0.717, 1.165) is 12.3 Å². The van der Waals surface area contributed by atoms with Crippen LogP contribution in [0.25, 0.3) is 0 Å². The van der Waals surface area contributed by atoms with E-state index in [1.165, 1.54) is 25.7 Å². The molecule has 0 aliphatic heterocycles. The van der Waals surface area contributed by atoms with Crippen LogP contribution in [0.2, 0.25) is 0 Å². The first-order chi connectivity index (χ1) is 9.73. The Bertz CT molecular complexity index is 458. The predicted molar refractivity (Wildman–Crippen MR) is 89.6 cm³/mol. The van der Waals surface area contributed by atoms with E-state index in [1.807, 2.05) is 0 Å². The molecule has 2 aliphatic carbocycles. The molecule has 0 amide bonds. The zero-order valence-corrected chi connectivity index (χ0v) is 13.7. The van der Waals surface area contributed by atoms with Gasteiger partial charge < -0.3 is 0 Å². The molecule has 0 nitrogen and oxygen atoms in total. The van der Waals surface area contributed by atoms with Crippen LogP contribution in [-0.2, 0) is 0 Å². The average molecular weight is 270 g/mol. The highest BCUT2D eigenvalue weighted by atomic mass is 14.4. The number of allylic oxidation sites excluding steroid dienone is 7. The lowest BCUT2D eigenvalue weighted by Gasteiger charge is -2.37. The van der Waals surface area contributed by atoms with E-state index in [1.54, 1.807) is 22.3 Å². The lowest BCUT2D eigenvalue weighted by molar-refractivity contribution is 0.394. The summed E-state index contributed by atoms with van der Waals surface area (Å²) in [4.78, 5) is 0. The summed E-state index contributed by atoms with van der Waals surface area (Å²) in [6, 6.07) is 0. The van der Waals surface area contributed by atoms with E-state index in [4.69, 9.17) is 0 Å². The standard InChI is InChI=1S/C20H30/c1-6-11-14-12-13-19-17(9-4)15(7-2)16(8-3)18(10-5)20(14)19/h6,12-14,19-20H,1,7-11H2,2-5H3. The van der Waals surface area contributed by atoms with Crippen molar-refractivity contribution in [2.24, 2.45) is 17.8 Å². The summed E-state index contributed by atoms with van der Waals surface area (Å²) in [6.45, 7) is 13.3. The smallest absolute Gasteiger partial charge is 0.00541 e. The molecule has 2 rings (SSSR count). The summed E-state index contributed by atoms with van der Waals surface area (Å²) in [5.74, 6) is 2.07. The van der Waals surface area contributed by atoms with Gasteiger partial charge >= 0.3 is 0 Å². The third kappa shape index (κ3) is 2.34. The molecule has 3 atom stereocenters. The lowest BCUT2D eigenvalue weighted by Crippen LogP contribution is -2.26. The topological polar surface area (TPSA) is 0 Å². The lowest BCUT2D eigenvalue weighted by atomic mass is 9.67. The summed E-state index contributed by atoms with van der Waals surface area (Å²) in [5.41, 5.74) is 6.82. The van der Waals surface area contributed by atoms with Crippen LogP contribution in [0.15, 0.2) is 47.1 Å². The highest BCUT2D eigenvalue weighted by molar-refractivity contribution is 5.48. The Morgan fingerprint density at radius 3 is 2.00 bits per heavy atom. The summed E-state index contributed by atoms with van der Waals surface area (Å²) in [6.07, 6.45) is 13.0. The van der Waals surface area contributed by atoms with Gasteiger partial charge in [0.25, 0.3) is 0 Å². The van der Waals surface area contributed by atoms with Crippen LogP contribution in [0, 0.1) is 17.8 Å². The van der Waals surface area contributed by atoms with Crippen molar-refractivity contribution in [2.75, 3.05) is 0 Å². The molecule has 0 radical (unpaired) electrons. The summed E-state index contributed by atoms with van der Waals surface area (Å²) in [5, 5.41) is 0. The van der Waals surface area contributed by atoms with Gasteiger partial charge in [-0.25, -0.2) is 0 Å². The van der Waals surface area contributed by atoms with Crippen LogP contribution in [0.5, 0.6) is 0 Å². The molecular weight excluding hydrogens is 240 g/mol. The van der Waals surface area contributed by atoms with Crippen LogP contribution in [0.4, 0.5) is 0 Å². The van der Waals surface area contributed by atoms with Gasteiger partial charge in [0, 0.05) is 5.92 Å². The van der Waals surface area contributed by atoms with E-state index in [-0.39, 0.29) is 0 Å². The van der Waals surface area contributed by atoms with Gasteiger partial charge in [-0.2, -0.15) is 0 Å². The van der Waals surface area contributed by atoms with Gasteiger partial charge in [0.15, 0.2) is 0 Å². The predicted octanol–water partition coefficient (Wildman–Crippen LogP) is 6.23. The summed E-state index contributed by atoms with van der Waals surface area (Å²) >= 11 is 0. The number of fused-ring (bicyclic) bond motifs is 1. The highest BCUT2D eigenvalue weighted by Crippen LogP contribution is 2.51. The molecule has 0 bridgehead atoms. The van der Waals surface area contributed by atoms with Crippen LogP contribution >= 0.6 is 0 Å². The zero-order valence-electron chi connectivity index (χ0n) is 13.7. The molecule has 0 heterocycles. The molecule has 0 heteroatoms. The van der Waals surface area contributed by atoms with Crippen molar-refractivity contribution in [3.8, 4) is 0 Å². The summed E-state index contributed by atoms with van der Waals surface area (Å²) in [7, 11) is 0. The van der Waals surface area contributed by atoms with Crippen LogP contribution in [-0.4, -0.2) is 0 Å². The van der Waals surface area contributed by atoms with Gasteiger partial charge in [0.2, 0.25) is 0 Å². The van der Waals surface area contributed by atoms with Crippen molar-refractivity contribution >= 4 is 0 Å². The first-order valence-electron chi connectivity index (χ1n) is 8.46. The molecule has 0 spiro atoms. The molecule has 0 aromatic rings. The Morgan fingerprint density at radius 1 is 0.900 bits per heavy atom. The first-order valence-corrected chi connectivity index (χ1v) is 8.46. The third-order valence-corrected chi connectivity index (χ3v) is 5.27. The second-order valence-electron chi connectivity index (χ2n) is 6.05. The van der Waals surface area contributed by atoms with Crippen molar-refractivity contribution in [1.82, 2.24) is 0 Å². The fraction of sp³-hybridized carbons (Fsp3) is 0.600. The van der Waals surface area contributed by atoms with Gasteiger partial charge in [-0.05, 0) is 55.1 Å². The fourth-order valence-electron chi connectivity index (χ4n) is 4.56. The van der Waals surface area contributed by atoms with Crippen LogP contribution < -0.4 is 0 Å². The molecule has 110 valence electrons. The van der Waals surface area contributed by atoms with Crippen LogP contribution in [0.3, 0.4) is 0 Å². The van der Waals surface area contributed by atoms with E-state index in [0.29, 0.717) is 11.8 Å².